The van der Waals surface area contributed by atoms with Gasteiger partial charge in [0.2, 0.25) is 0 Å². The normalized spacial score (nSPS) is 14.9. The van der Waals surface area contributed by atoms with Crippen molar-refractivity contribution in [1.29, 1.82) is 0 Å². The number of rotatable bonds is 5. The third-order valence-corrected chi connectivity index (χ3v) is 2.79. The third-order valence-electron chi connectivity index (χ3n) is 2.79. The maximum absolute atomic E-state index is 12.3. The van der Waals surface area contributed by atoms with Crippen LogP contribution >= 0.6 is 0 Å². The van der Waals surface area contributed by atoms with E-state index in [0.717, 1.165) is 0 Å². The summed E-state index contributed by atoms with van der Waals surface area (Å²) in [6, 6.07) is 7.32. The zero-order valence-corrected chi connectivity index (χ0v) is 10.3. The van der Waals surface area contributed by atoms with Crippen LogP contribution in [-0.4, -0.2) is 50.3 Å². The Morgan fingerprint density at radius 1 is 1.33 bits per heavy atom. The van der Waals surface area contributed by atoms with Gasteiger partial charge in [-0.05, 0) is 12.1 Å². The summed E-state index contributed by atoms with van der Waals surface area (Å²) in [5.74, 6) is 0.660. The molecule has 5 nitrogen and oxygen atoms in total. The molecular formula is C13H18N2O3. The molecule has 0 bridgehead atoms. The van der Waals surface area contributed by atoms with Crippen LogP contribution in [0.15, 0.2) is 24.3 Å². The Bertz CT molecular complexity index is 409. The second-order valence-electron chi connectivity index (χ2n) is 4.04. The molecule has 0 aliphatic carbocycles. The molecule has 98 valence electrons. The van der Waals surface area contributed by atoms with Gasteiger partial charge in [0.25, 0.3) is 5.91 Å². The summed E-state index contributed by atoms with van der Waals surface area (Å²) in [5, 5.41) is 0. The van der Waals surface area contributed by atoms with Crippen LogP contribution in [0.3, 0.4) is 0 Å². The summed E-state index contributed by atoms with van der Waals surface area (Å²) in [6.45, 7) is 3.19. The number of fused-ring (bicyclic) bond motifs is 1. The first-order chi connectivity index (χ1) is 8.83. The maximum atomic E-state index is 12.3. The Morgan fingerprint density at radius 3 is 3.00 bits per heavy atom. The van der Waals surface area contributed by atoms with Crippen LogP contribution in [0.25, 0.3) is 0 Å². The van der Waals surface area contributed by atoms with Crippen molar-refractivity contribution in [3.63, 3.8) is 0 Å². The number of nitrogens with zero attached hydrogens (tertiary/aromatic N) is 1. The monoisotopic (exact) mass is 250 g/mol. The minimum Gasteiger partial charge on any atom is -0.491 e. The van der Waals surface area contributed by atoms with Crippen molar-refractivity contribution in [3.8, 4) is 5.75 Å². The van der Waals surface area contributed by atoms with Gasteiger partial charge >= 0.3 is 0 Å². The molecule has 1 aromatic rings. The average molecular weight is 250 g/mol. The molecule has 0 saturated carbocycles. The molecule has 0 unspecified atom stereocenters. The van der Waals surface area contributed by atoms with E-state index in [4.69, 9.17) is 15.2 Å². The van der Waals surface area contributed by atoms with Gasteiger partial charge < -0.3 is 20.1 Å². The van der Waals surface area contributed by atoms with Crippen LogP contribution in [0.4, 0.5) is 0 Å². The smallest absolute Gasteiger partial charge is 0.257 e. The number of para-hydroxylation sites is 1. The molecule has 18 heavy (non-hydrogen) atoms. The first-order valence-electron chi connectivity index (χ1n) is 6.12. The second-order valence-corrected chi connectivity index (χ2v) is 4.04. The molecule has 0 radical (unpaired) electrons. The van der Waals surface area contributed by atoms with E-state index in [-0.39, 0.29) is 5.91 Å². The SMILES string of the molecule is NCCOCCN1CCOc2ccccc2C1=O. The Labute approximate surface area is 106 Å². The highest BCUT2D eigenvalue weighted by Gasteiger charge is 2.22. The van der Waals surface area contributed by atoms with E-state index >= 15 is 0 Å². The number of ether oxygens (including phenoxy) is 2. The Balaban J connectivity index is 1.99. The van der Waals surface area contributed by atoms with Gasteiger partial charge in [0.1, 0.15) is 12.4 Å². The Morgan fingerprint density at radius 2 is 2.17 bits per heavy atom. The van der Waals surface area contributed by atoms with E-state index in [0.29, 0.717) is 50.8 Å². The summed E-state index contributed by atoms with van der Waals surface area (Å²) >= 11 is 0. The maximum Gasteiger partial charge on any atom is 0.257 e. The quantitative estimate of drug-likeness (QED) is 0.773. The van der Waals surface area contributed by atoms with Crippen molar-refractivity contribution >= 4 is 5.91 Å². The highest BCUT2D eigenvalue weighted by molar-refractivity contribution is 5.97. The van der Waals surface area contributed by atoms with Gasteiger partial charge in [-0.3, -0.25) is 4.79 Å². The molecule has 2 N–H and O–H groups in total. The van der Waals surface area contributed by atoms with Crippen molar-refractivity contribution < 1.29 is 14.3 Å². The molecule has 0 atom stereocenters. The Kier molecular flexibility index (Phi) is 4.55. The lowest BCUT2D eigenvalue weighted by Gasteiger charge is -2.19. The fraction of sp³-hybridized carbons (Fsp3) is 0.462. The lowest BCUT2D eigenvalue weighted by atomic mass is 10.2. The van der Waals surface area contributed by atoms with E-state index in [9.17, 15) is 4.79 Å². The van der Waals surface area contributed by atoms with Crippen molar-refractivity contribution in [2.24, 2.45) is 5.73 Å². The summed E-state index contributed by atoms with van der Waals surface area (Å²) in [5.41, 5.74) is 5.96. The summed E-state index contributed by atoms with van der Waals surface area (Å²) in [6.07, 6.45) is 0. The minimum atomic E-state index is -0.000511. The molecule has 1 aliphatic rings. The largest absolute Gasteiger partial charge is 0.491 e. The number of nitrogens with two attached hydrogens (primary N) is 1. The molecule has 1 amide bonds. The fourth-order valence-corrected chi connectivity index (χ4v) is 1.88. The first-order valence-corrected chi connectivity index (χ1v) is 6.12. The number of carbonyl (C=O) groups is 1. The van der Waals surface area contributed by atoms with Crippen molar-refractivity contribution in [1.82, 2.24) is 4.90 Å². The molecule has 0 aromatic heterocycles. The van der Waals surface area contributed by atoms with Gasteiger partial charge in [0, 0.05) is 13.1 Å². The predicted molar refractivity (Wildman–Crippen MR) is 67.7 cm³/mol. The van der Waals surface area contributed by atoms with E-state index in [1.54, 1.807) is 11.0 Å². The topological polar surface area (TPSA) is 64.8 Å². The van der Waals surface area contributed by atoms with E-state index in [2.05, 4.69) is 0 Å². The molecule has 0 saturated heterocycles. The molecule has 1 aliphatic heterocycles. The van der Waals surface area contributed by atoms with Crippen molar-refractivity contribution in [2.75, 3.05) is 39.5 Å². The highest BCUT2D eigenvalue weighted by atomic mass is 16.5. The van der Waals surface area contributed by atoms with Crippen LogP contribution < -0.4 is 10.5 Å². The highest BCUT2D eigenvalue weighted by Crippen LogP contribution is 2.22. The van der Waals surface area contributed by atoms with Crippen LogP contribution in [0, 0.1) is 0 Å². The second kappa shape index (κ2) is 6.37. The van der Waals surface area contributed by atoms with Crippen LogP contribution in [0.1, 0.15) is 10.4 Å². The van der Waals surface area contributed by atoms with Gasteiger partial charge in [0.05, 0.1) is 25.3 Å². The summed E-state index contributed by atoms with van der Waals surface area (Å²) < 4.78 is 10.9. The molecule has 1 heterocycles. The van der Waals surface area contributed by atoms with Crippen LogP contribution in [-0.2, 0) is 4.74 Å². The number of carbonyl (C=O) groups excluding carboxylic acids is 1. The molecule has 1 aromatic carbocycles. The van der Waals surface area contributed by atoms with E-state index in [1.165, 1.54) is 0 Å². The van der Waals surface area contributed by atoms with Gasteiger partial charge in [0.15, 0.2) is 0 Å². The fourth-order valence-electron chi connectivity index (χ4n) is 1.88. The van der Waals surface area contributed by atoms with Crippen LogP contribution in [0.2, 0.25) is 0 Å². The van der Waals surface area contributed by atoms with Gasteiger partial charge in [-0.25, -0.2) is 0 Å². The minimum absolute atomic E-state index is 0.000511. The molecule has 0 fully saturated rings. The predicted octanol–water partition coefficient (Wildman–Crippen LogP) is 0.497. The molecule has 5 heteroatoms. The van der Waals surface area contributed by atoms with Crippen LogP contribution in [0.5, 0.6) is 5.75 Å². The zero-order chi connectivity index (χ0) is 12.8. The number of benzene rings is 1. The van der Waals surface area contributed by atoms with Gasteiger partial charge in [-0.15, -0.1) is 0 Å². The summed E-state index contributed by atoms with van der Waals surface area (Å²) in [7, 11) is 0. The standard InChI is InChI=1S/C13H18N2O3/c14-5-8-17-9-6-15-7-10-18-12-4-2-1-3-11(12)13(15)16/h1-4H,5-10,14H2. The average Bonchev–Trinajstić information content (AvgIpc) is 2.56. The molecule has 2 rings (SSSR count). The van der Waals surface area contributed by atoms with E-state index in [1.807, 2.05) is 18.2 Å². The zero-order valence-electron chi connectivity index (χ0n) is 10.3. The molecule has 0 spiro atoms. The number of hydrogen-bond donors (Lipinski definition) is 1. The number of hydrogen-bond acceptors (Lipinski definition) is 4. The Hall–Kier alpha value is -1.59. The van der Waals surface area contributed by atoms with Crippen molar-refractivity contribution in [3.05, 3.63) is 29.8 Å². The number of amides is 1. The molecular weight excluding hydrogens is 232 g/mol. The third kappa shape index (κ3) is 3.00. The first kappa shape index (κ1) is 12.9. The summed E-state index contributed by atoms with van der Waals surface area (Å²) in [4.78, 5) is 14.0. The van der Waals surface area contributed by atoms with Crippen molar-refractivity contribution in [2.45, 2.75) is 0 Å². The lowest BCUT2D eigenvalue weighted by molar-refractivity contribution is 0.0648. The van der Waals surface area contributed by atoms with E-state index < -0.39 is 0 Å². The van der Waals surface area contributed by atoms with Gasteiger partial charge in [-0.2, -0.15) is 0 Å². The lowest BCUT2D eigenvalue weighted by Crippen LogP contribution is -2.35. The van der Waals surface area contributed by atoms with Gasteiger partial charge in [-0.1, -0.05) is 12.1 Å².